The van der Waals surface area contributed by atoms with Crippen molar-refractivity contribution in [3.63, 3.8) is 0 Å². The maximum atomic E-state index is 6.23. The number of nitrogens with one attached hydrogen (secondary N) is 1. The van der Waals surface area contributed by atoms with Gasteiger partial charge in [0.2, 0.25) is 0 Å². The standard InChI is InChI=1S/C14H21Cl2N/c1-3-4-5-6-10-13(17-2)11-8-7-9-12(15)14(11)16/h7-9,13,17H,3-6,10H2,1-2H3. The second kappa shape index (κ2) is 7.97. The van der Waals surface area contributed by atoms with E-state index >= 15 is 0 Å². The minimum absolute atomic E-state index is 0.304. The van der Waals surface area contributed by atoms with Crippen molar-refractivity contribution in [3.05, 3.63) is 33.8 Å². The van der Waals surface area contributed by atoms with Gasteiger partial charge in [-0.25, -0.2) is 0 Å². The fourth-order valence-electron chi connectivity index (χ4n) is 2.02. The van der Waals surface area contributed by atoms with Crippen LogP contribution >= 0.6 is 23.2 Å². The Balaban J connectivity index is 2.63. The summed E-state index contributed by atoms with van der Waals surface area (Å²) >= 11 is 12.3. The van der Waals surface area contributed by atoms with Crippen LogP contribution in [0.3, 0.4) is 0 Å². The van der Waals surface area contributed by atoms with Crippen molar-refractivity contribution in [1.29, 1.82) is 0 Å². The lowest BCUT2D eigenvalue weighted by molar-refractivity contribution is 0.505. The highest BCUT2D eigenvalue weighted by molar-refractivity contribution is 6.42. The van der Waals surface area contributed by atoms with Gasteiger partial charge in [0.1, 0.15) is 0 Å². The highest BCUT2D eigenvalue weighted by atomic mass is 35.5. The van der Waals surface area contributed by atoms with Gasteiger partial charge >= 0.3 is 0 Å². The van der Waals surface area contributed by atoms with Gasteiger partial charge in [-0.05, 0) is 25.1 Å². The van der Waals surface area contributed by atoms with Gasteiger partial charge in [-0.1, -0.05) is 67.9 Å². The van der Waals surface area contributed by atoms with Gasteiger partial charge in [-0.2, -0.15) is 0 Å². The minimum Gasteiger partial charge on any atom is -0.313 e. The van der Waals surface area contributed by atoms with Crippen LogP contribution in [0.1, 0.15) is 50.6 Å². The van der Waals surface area contributed by atoms with E-state index in [-0.39, 0.29) is 0 Å². The van der Waals surface area contributed by atoms with Crippen molar-refractivity contribution >= 4 is 23.2 Å². The van der Waals surface area contributed by atoms with Crippen molar-refractivity contribution in [3.8, 4) is 0 Å². The second-order valence-corrected chi connectivity index (χ2v) is 5.12. The minimum atomic E-state index is 0.304. The summed E-state index contributed by atoms with van der Waals surface area (Å²) in [4.78, 5) is 0. The van der Waals surface area contributed by atoms with Gasteiger partial charge in [0.05, 0.1) is 10.0 Å². The molecule has 0 saturated heterocycles. The van der Waals surface area contributed by atoms with Gasteiger partial charge in [0, 0.05) is 6.04 Å². The first-order valence-electron chi connectivity index (χ1n) is 6.31. The highest BCUT2D eigenvalue weighted by Crippen LogP contribution is 2.32. The molecule has 1 nitrogen and oxygen atoms in total. The van der Waals surface area contributed by atoms with E-state index in [0.717, 1.165) is 12.0 Å². The summed E-state index contributed by atoms with van der Waals surface area (Å²) in [5.74, 6) is 0. The van der Waals surface area contributed by atoms with Crippen LogP contribution in [0.5, 0.6) is 0 Å². The molecule has 0 amide bonds. The molecule has 1 aromatic rings. The molecule has 0 radical (unpaired) electrons. The third-order valence-electron chi connectivity index (χ3n) is 3.05. The lowest BCUT2D eigenvalue weighted by Gasteiger charge is -2.18. The molecule has 1 rings (SSSR count). The van der Waals surface area contributed by atoms with Crippen molar-refractivity contribution in [2.45, 2.75) is 45.1 Å². The molecule has 0 aliphatic rings. The fraction of sp³-hybridized carbons (Fsp3) is 0.571. The summed E-state index contributed by atoms with van der Waals surface area (Å²) in [5, 5.41) is 4.64. The fourth-order valence-corrected chi connectivity index (χ4v) is 2.46. The average Bonchev–Trinajstić information content (AvgIpc) is 2.34. The predicted octanol–water partition coefficient (Wildman–Crippen LogP) is 5.22. The smallest absolute Gasteiger partial charge is 0.0640 e. The molecule has 96 valence electrons. The lowest BCUT2D eigenvalue weighted by Crippen LogP contribution is -2.16. The van der Waals surface area contributed by atoms with Crippen LogP contribution in [0, 0.1) is 0 Å². The van der Waals surface area contributed by atoms with E-state index in [0.29, 0.717) is 16.1 Å². The number of unbranched alkanes of at least 4 members (excludes halogenated alkanes) is 3. The van der Waals surface area contributed by atoms with Crippen molar-refractivity contribution < 1.29 is 0 Å². The molecule has 0 aliphatic heterocycles. The SMILES string of the molecule is CCCCCCC(NC)c1cccc(Cl)c1Cl. The molecule has 1 N–H and O–H groups in total. The van der Waals surface area contributed by atoms with Crippen LogP contribution in [-0.2, 0) is 0 Å². The maximum Gasteiger partial charge on any atom is 0.0640 e. The number of hydrogen-bond acceptors (Lipinski definition) is 1. The molecular formula is C14H21Cl2N. The van der Waals surface area contributed by atoms with E-state index in [2.05, 4.69) is 18.3 Å². The molecular weight excluding hydrogens is 253 g/mol. The van der Waals surface area contributed by atoms with Gasteiger partial charge in [-0.3, -0.25) is 0 Å². The summed E-state index contributed by atoms with van der Waals surface area (Å²) in [6.07, 6.45) is 6.19. The number of halogens is 2. The zero-order chi connectivity index (χ0) is 12.7. The van der Waals surface area contributed by atoms with Gasteiger partial charge < -0.3 is 5.32 Å². The van der Waals surface area contributed by atoms with E-state index in [1.54, 1.807) is 0 Å². The molecule has 0 spiro atoms. The molecule has 1 aromatic carbocycles. The Morgan fingerprint density at radius 1 is 1.18 bits per heavy atom. The molecule has 17 heavy (non-hydrogen) atoms. The summed E-state index contributed by atoms with van der Waals surface area (Å²) in [6, 6.07) is 6.14. The first-order valence-corrected chi connectivity index (χ1v) is 7.07. The van der Waals surface area contributed by atoms with Crippen LogP contribution < -0.4 is 5.32 Å². The molecule has 0 fully saturated rings. The van der Waals surface area contributed by atoms with E-state index in [1.807, 2.05) is 19.2 Å². The molecule has 3 heteroatoms. The quantitative estimate of drug-likeness (QED) is 0.672. The third kappa shape index (κ3) is 4.50. The van der Waals surface area contributed by atoms with Crippen LogP contribution in [0.4, 0.5) is 0 Å². The van der Waals surface area contributed by atoms with Crippen molar-refractivity contribution in [2.75, 3.05) is 7.05 Å². The van der Waals surface area contributed by atoms with Crippen LogP contribution in [0.25, 0.3) is 0 Å². The molecule has 0 aromatic heterocycles. The Morgan fingerprint density at radius 3 is 2.59 bits per heavy atom. The first kappa shape index (κ1) is 14.8. The maximum absolute atomic E-state index is 6.23. The Bertz CT molecular complexity index is 339. The number of benzene rings is 1. The summed E-state index contributed by atoms with van der Waals surface area (Å²) in [5.41, 5.74) is 1.11. The normalized spacial score (nSPS) is 12.7. The Labute approximate surface area is 115 Å². The molecule has 1 atom stereocenters. The number of hydrogen-bond donors (Lipinski definition) is 1. The summed E-state index contributed by atoms with van der Waals surface area (Å²) < 4.78 is 0. The second-order valence-electron chi connectivity index (χ2n) is 4.33. The van der Waals surface area contributed by atoms with Crippen LogP contribution in [-0.4, -0.2) is 7.05 Å². The molecule has 0 saturated carbocycles. The zero-order valence-corrected chi connectivity index (χ0v) is 12.1. The van der Waals surface area contributed by atoms with Crippen LogP contribution in [0.15, 0.2) is 18.2 Å². The summed E-state index contributed by atoms with van der Waals surface area (Å²) in [7, 11) is 1.97. The molecule has 1 unspecified atom stereocenters. The summed E-state index contributed by atoms with van der Waals surface area (Å²) in [6.45, 7) is 2.23. The van der Waals surface area contributed by atoms with E-state index < -0.39 is 0 Å². The van der Waals surface area contributed by atoms with E-state index in [9.17, 15) is 0 Å². The number of rotatable bonds is 7. The van der Waals surface area contributed by atoms with Gasteiger partial charge in [0.25, 0.3) is 0 Å². The lowest BCUT2D eigenvalue weighted by atomic mass is 10.00. The highest BCUT2D eigenvalue weighted by Gasteiger charge is 2.13. The zero-order valence-electron chi connectivity index (χ0n) is 10.6. The average molecular weight is 274 g/mol. The third-order valence-corrected chi connectivity index (χ3v) is 3.89. The van der Waals surface area contributed by atoms with Crippen molar-refractivity contribution in [2.24, 2.45) is 0 Å². The monoisotopic (exact) mass is 273 g/mol. The molecule has 0 aliphatic carbocycles. The van der Waals surface area contributed by atoms with Gasteiger partial charge in [-0.15, -0.1) is 0 Å². The van der Waals surface area contributed by atoms with Crippen LogP contribution in [0.2, 0.25) is 10.0 Å². The van der Waals surface area contributed by atoms with E-state index in [1.165, 1.54) is 25.7 Å². The Kier molecular flexibility index (Phi) is 6.94. The first-order chi connectivity index (χ1) is 8.20. The van der Waals surface area contributed by atoms with E-state index in [4.69, 9.17) is 23.2 Å². The van der Waals surface area contributed by atoms with Crippen molar-refractivity contribution in [1.82, 2.24) is 5.32 Å². The Morgan fingerprint density at radius 2 is 1.94 bits per heavy atom. The largest absolute Gasteiger partial charge is 0.313 e. The van der Waals surface area contributed by atoms with Gasteiger partial charge in [0.15, 0.2) is 0 Å². The molecule has 0 bridgehead atoms. The topological polar surface area (TPSA) is 12.0 Å². The predicted molar refractivity (Wildman–Crippen MR) is 77.0 cm³/mol. The Hall–Kier alpha value is -0.240. The molecule has 0 heterocycles.